The lowest BCUT2D eigenvalue weighted by molar-refractivity contribution is -0.192. The highest BCUT2D eigenvalue weighted by Crippen LogP contribution is 2.34. The second kappa shape index (κ2) is 13.6. The molecule has 13 heteroatoms. The minimum absolute atomic E-state index is 0.103. The second-order valence-electron chi connectivity index (χ2n) is 8.92. The minimum Gasteiger partial charge on any atom is -0.475 e. The second-order valence-corrected chi connectivity index (χ2v) is 10.9. The van der Waals surface area contributed by atoms with Crippen molar-refractivity contribution >= 4 is 35.0 Å². The third-order valence-corrected chi connectivity index (χ3v) is 7.91. The van der Waals surface area contributed by atoms with Crippen molar-refractivity contribution in [2.75, 3.05) is 19.3 Å². The Bertz CT molecular complexity index is 1280. The third kappa shape index (κ3) is 9.27. The first kappa shape index (κ1) is 31.5. The molecule has 40 heavy (non-hydrogen) atoms. The van der Waals surface area contributed by atoms with Gasteiger partial charge in [0, 0.05) is 35.4 Å². The number of carbonyl (C=O) groups is 2. The maximum absolute atomic E-state index is 13.0. The number of alkyl halides is 6. The molecule has 0 unspecified atom stereocenters. The average Bonchev–Trinajstić information content (AvgIpc) is 3.40. The molecule has 0 atom stereocenters. The van der Waals surface area contributed by atoms with Gasteiger partial charge in [-0.1, -0.05) is 24.3 Å². The van der Waals surface area contributed by atoms with Gasteiger partial charge in [-0.15, -0.1) is 23.1 Å². The molecular weight excluding hydrogens is 578 g/mol. The largest absolute Gasteiger partial charge is 0.490 e. The number of carboxylic acids is 1. The molecule has 4 rings (SSSR count). The van der Waals surface area contributed by atoms with Gasteiger partial charge in [0.1, 0.15) is 0 Å². The fraction of sp³-hybridized carbons (Fsp3) is 0.333. The molecule has 5 nitrogen and oxygen atoms in total. The molecule has 0 radical (unpaired) electrons. The number of hydrogen-bond donors (Lipinski definition) is 2. The molecule has 2 N–H and O–H groups in total. The molecule has 1 aliphatic heterocycles. The average molecular weight is 605 g/mol. The lowest BCUT2D eigenvalue weighted by Gasteiger charge is -2.32. The number of thioether (sulfide) groups is 1. The summed E-state index contributed by atoms with van der Waals surface area (Å²) in [6.45, 7) is 2.73. The highest BCUT2D eigenvalue weighted by atomic mass is 32.2. The normalized spacial score (nSPS) is 14.8. The topological polar surface area (TPSA) is 69.6 Å². The van der Waals surface area contributed by atoms with Gasteiger partial charge in [-0.3, -0.25) is 9.69 Å². The van der Waals surface area contributed by atoms with Crippen molar-refractivity contribution < 1.29 is 41.0 Å². The van der Waals surface area contributed by atoms with Crippen LogP contribution in [-0.2, 0) is 17.5 Å². The number of aliphatic carboxylic acids is 1. The lowest BCUT2D eigenvalue weighted by atomic mass is 10.0. The predicted octanol–water partition coefficient (Wildman–Crippen LogP) is 7.18. The van der Waals surface area contributed by atoms with Crippen molar-refractivity contribution in [2.45, 2.75) is 42.7 Å². The maximum atomic E-state index is 13.0. The van der Waals surface area contributed by atoms with Crippen LogP contribution in [-0.4, -0.2) is 53.4 Å². The van der Waals surface area contributed by atoms with E-state index in [-0.39, 0.29) is 11.9 Å². The van der Waals surface area contributed by atoms with Gasteiger partial charge in [-0.25, -0.2) is 4.79 Å². The van der Waals surface area contributed by atoms with Crippen molar-refractivity contribution in [1.82, 2.24) is 10.2 Å². The van der Waals surface area contributed by atoms with Crippen LogP contribution in [0.2, 0.25) is 0 Å². The third-order valence-electron chi connectivity index (χ3n) is 6.03. The number of piperidine rings is 1. The summed E-state index contributed by atoms with van der Waals surface area (Å²) in [5.41, 5.74) is 1.06. The zero-order valence-corrected chi connectivity index (χ0v) is 22.8. The highest BCUT2D eigenvalue weighted by molar-refractivity contribution is 7.98. The number of nitrogens with zero attached hydrogens (tertiary/aromatic N) is 1. The highest BCUT2D eigenvalue weighted by Gasteiger charge is 2.38. The van der Waals surface area contributed by atoms with E-state index in [1.807, 2.05) is 0 Å². The van der Waals surface area contributed by atoms with Crippen LogP contribution in [0.3, 0.4) is 0 Å². The van der Waals surface area contributed by atoms with E-state index < -0.39 is 23.9 Å². The SMILES string of the molecule is CSc1ccc(CN2CCC(NC(=O)c3ccc(-c4cccc(C(F)(F)F)c4)s3)CC2)cc1.O=C(O)C(F)(F)F. The van der Waals surface area contributed by atoms with Gasteiger partial charge in [0.05, 0.1) is 10.4 Å². The van der Waals surface area contributed by atoms with Crippen molar-refractivity contribution in [3.63, 3.8) is 0 Å². The molecule has 1 aliphatic rings. The quantitative estimate of drug-likeness (QED) is 0.230. The molecule has 1 amide bonds. The molecule has 3 aromatic rings. The summed E-state index contributed by atoms with van der Waals surface area (Å²) < 4.78 is 70.7. The van der Waals surface area contributed by atoms with E-state index in [0.717, 1.165) is 44.6 Å². The smallest absolute Gasteiger partial charge is 0.475 e. The number of carboxylic acid groups (broad SMARTS) is 1. The first-order valence-corrected chi connectivity index (χ1v) is 14.0. The molecular formula is C27H26F6N2O3S2. The Balaban J connectivity index is 0.000000559. The van der Waals surface area contributed by atoms with Crippen molar-refractivity contribution in [3.05, 3.63) is 76.7 Å². The zero-order valence-electron chi connectivity index (χ0n) is 21.2. The molecule has 1 saturated heterocycles. The number of carbonyl (C=O) groups excluding carboxylic acids is 1. The molecule has 2 aromatic carbocycles. The fourth-order valence-corrected chi connectivity index (χ4v) is 5.26. The molecule has 2 heterocycles. The van der Waals surface area contributed by atoms with Crippen LogP contribution in [0.25, 0.3) is 10.4 Å². The van der Waals surface area contributed by atoms with Crippen LogP contribution in [0.1, 0.15) is 33.6 Å². The van der Waals surface area contributed by atoms with Crippen molar-refractivity contribution in [2.24, 2.45) is 0 Å². The summed E-state index contributed by atoms with van der Waals surface area (Å²) in [7, 11) is 0. The minimum atomic E-state index is -5.08. The van der Waals surface area contributed by atoms with Crippen molar-refractivity contribution in [1.29, 1.82) is 0 Å². The Labute approximate surface area is 235 Å². The molecule has 216 valence electrons. The van der Waals surface area contributed by atoms with Crippen LogP contribution < -0.4 is 5.32 Å². The molecule has 1 fully saturated rings. The van der Waals surface area contributed by atoms with Crippen LogP contribution in [0, 0.1) is 0 Å². The van der Waals surface area contributed by atoms with Crippen LogP contribution in [0.15, 0.2) is 65.6 Å². The van der Waals surface area contributed by atoms with Gasteiger partial charge >= 0.3 is 18.3 Å². The first-order valence-electron chi connectivity index (χ1n) is 12.0. The first-order chi connectivity index (χ1) is 18.8. The van der Waals surface area contributed by atoms with E-state index in [9.17, 15) is 31.1 Å². The summed E-state index contributed by atoms with van der Waals surface area (Å²) in [6.07, 6.45) is -5.65. The summed E-state index contributed by atoms with van der Waals surface area (Å²) in [5, 5.41) is 10.2. The fourth-order valence-electron chi connectivity index (χ4n) is 3.94. The lowest BCUT2D eigenvalue weighted by Crippen LogP contribution is -2.44. The maximum Gasteiger partial charge on any atom is 0.490 e. The van der Waals surface area contributed by atoms with E-state index in [4.69, 9.17) is 9.90 Å². The summed E-state index contributed by atoms with van der Waals surface area (Å²) in [4.78, 5) is 26.4. The standard InChI is InChI=1S/C25H25F3N2OS2.C2HF3O2/c1-32-21-7-5-17(6-8-21)16-30-13-11-20(12-14-30)29-24(31)23-10-9-22(33-23)18-3-2-4-19(15-18)25(26,27)28;3-2(4,5)1(6)7/h2-10,15,20H,11-14,16H2,1H3,(H,29,31);(H,6,7). The number of halogens is 6. The zero-order chi connectivity index (χ0) is 29.5. The Morgan fingerprint density at radius 2 is 1.62 bits per heavy atom. The Morgan fingerprint density at radius 3 is 2.17 bits per heavy atom. The summed E-state index contributed by atoms with van der Waals surface area (Å²) in [6, 6.07) is 17.3. The van der Waals surface area contributed by atoms with Crippen LogP contribution in [0.4, 0.5) is 26.3 Å². The number of hydrogen-bond acceptors (Lipinski definition) is 5. The number of thiophene rings is 1. The summed E-state index contributed by atoms with van der Waals surface area (Å²) >= 11 is 2.95. The van der Waals surface area contributed by atoms with Gasteiger partial charge in [-0.2, -0.15) is 26.3 Å². The number of amides is 1. The number of likely N-dealkylation sites (tertiary alicyclic amines) is 1. The van der Waals surface area contributed by atoms with Crippen LogP contribution >= 0.6 is 23.1 Å². The molecule has 0 spiro atoms. The molecule has 0 aliphatic carbocycles. The van der Waals surface area contributed by atoms with E-state index in [2.05, 4.69) is 40.7 Å². The molecule has 0 bridgehead atoms. The van der Waals surface area contributed by atoms with Gasteiger partial charge in [0.15, 0.2) is 0 Å². The Kier molecular flexibility index (Phi) is 10.7. The Morgan fingerprint density at radius 1 is 1.00 bits per heavy atom. The van der Waals surface area contributed by atoms with Crippen LogP contribution in [0.5, 0.6) is 0 Å². The molecule has 0 saturated carbocycles. The Hall–Kier alpha value is -3.03. The number of rotatable bonds is 6. The van der Waals surface area contributed by atoms with Gasteiger partial charge in [0.2, 0.25) is 0 Å². The monoisotopic (exact) mass is 604 g/mol. The van der Waals surface area contributed by atoms with E-state index in [1.54, 1.807) is 30.0 Å². The van der Waals surface area contributed by atoms with Gasteiger partial charge in [-0.05, 0) is 66.6 Å². The van der Waals surface area contributed by atoms with E-state index >= 15 is 0 Å². The number of nitrogens with one attached hydrogen (secondary N) is 1. The van der Waals surface area contributed by atoms with Gasteiger partial charge < -0.3 is 10.4 Å². The number of benzene rings is 2. The van der Waals surface area contributed by atoms with E-state index in [1.165, 1.54) is 27.9 Å². The van der Waals surface area contributed by atoms with E-state index in [0.29, 0.717) is 15.3 Å². The summed E-state index contributed by atoms with van der Waals surface area (Å²) in [5.74, 6) is -2.92. The predicted molar refractivity (Wildman–Crippen MR) is 142 cm³/mol. The molecule has 1 aromatic heterocycles. The van der Waals surface area contributed by atoms with Crippen molar-refractivity contribution in [3.8, 4) is 10.4 Å². The van der Waals surface area contributed by atoms with Gasteiger partial charge in [0.25, 0.3) is 5.91 Å².